The summed E-state index contributed by atoms with van der Waals surface area (Å²) in [5.74, 6) is -0.172. The molecule has 1 N–H and O–H groups in total. The van der Waals surface area contributed by atoms with E-state index in [0.717, 1.165) is 10.6 Å². The molecule has 0 spiro atoms. The van der Waals surface area contributed by atoms with E-state index in [1.807, 2.05) is 36.4 Å². The highest BCUT2D eigenvalue weighted by Gasteiger charge is 2.09. The summed E-state index contributed by atoms with van der Waals surface area (Å²) in [6, 6.07) is 14.1. The van der Waals surface area contributed by atoms with Gasteiger partial charge in [-0.3, -0.25) is 0 Å². The van der Waals surface area contributed by atoms with E-state index in [0.29, 0.717) is 21.2 Å². The second kappa shape index (κ2) is 7.28. The molecule has 3 aromatic carbocycles. The van der Waals surface area contributed by atoms with Crippen LogP contribution in [-0.2, 0) is 0 Å². The molecule has 6 heteroatoms. The molecule has 0 amide bonds. The van der Waals surface area contributed by atoms with E-state index >= 15 is 0 Å². The van der Waals surface area contributed by atoms with Gasteiger partial charge in [-0.05, 0) is 45.8 Å². The van der Waals surface area contributed by atoms with Crippen molar-refractivity contribution in [2.75, 3.05) is 0 Å². The van der Waals surface area contributed by atoms with Gasteiger partial charge in [0, 0.05) is 10.2 Å². The first-order chi connectivity index (χ1) is 12.5. The van der Waals surface area contributed by atoms with Crippen molar-refractivity contribution >= 4 is 57.3 Å². The van der Waals surface area contributed by atoms with Crippen molar-refractivity contribution in [1.82, 2.24) is 0 Å². The molecule has 0 aliphatic heterocycles. The maximum absolute atomic E-state index is 9.70. The van der Waals surface area contributed by atoms with Crippen LogP contribution < -0.4 is 10.4 Å². The van der Waals surface area contributed by atoms with Gasteiger partial charge in [0.05, 0.1) is 22.7 Å². The zero-order valence-corrected chi connectivity index (χ0v) is 15.4. The number of aromatic hydroxyl groups is 1. The van der Waals surface area contributed by atoms with Gasteiger partial charge < -0.3 is 5.11 Å². The van der Waals surface area contributed by atoms with Gasteiger partial charge in [0.15, 0.2) is 5.75 Å². The van der Waals surface area contributed by atoms with Gasteiger partial charge in [-0.2, -0.15) is 0 Å². The third-order valence-electron chi connectivity index (χ3n) is 3.84. The molecular weight excluding hydrogens is 391 g/mol. The van der Waals surface area contributed by atoms with Gasteiger partial charge >= 0.3 is 0 Å². The van der Waals surface area contributed by atoms with Gasteiger partial charge in [0.1, 0.15) is 0 Å². The Morgan fingerprint density at radius 2 is 1.65 bits per heavy atom. The molecule has 0 aromatic heterocycles. The average Bonchev–Trinajstić information content (AvgIpc) is 2.63. The fourth-order valence-electron chi connectivity index (χ4n) is 2.71. The normalized spacial score (nSPS) is 12.6. The Balaban J connectivity index is 2.45. The fourth-order valence-corrected chi connectivity index (χ4v) is 3.53. The largest absolute Gasteiger partial charge is 0.505 e. The summed E-state index contributed by atoms with van der Waals surface area (Å²) in [6.45, 7) is 7.22. The molecule has 0 aliphatic rings. The van der Waals surface area contributed by atoms with Crippen LogP contribution in [0.4, 0.5) is 0 Å². The van der Waals surface area contributed by atoms with E-state index in [1.54, 1.807) is 18.2 Å². The van der Waals surface area contributed by atoms with E-state index in [2.05, 4.69) is 4.85 Å². The number of phenolic OH excluding ortho intramolecular Hbond substituents is 1. The van der Waals surface area contributed by atoms with Gasteiger partial charge in [-0.1, -0.05) is 59.1 Å². The lowest BCUT2D eigenvalue weighted by molar-refractivity contribution is 0.476. The highest BCUT2D eigenvalue weighted by atomic mass is 35.5. The third kappa shape index (κ3) is 3.21. The number of hydrogen-bond donors (Lipinski definition) is 1. The second-order valence-electron chi connectivity index (χ2n) is 5.42. The molecule has 0 aliphatic carbocycles. The predicted octanol–water partition coefficient (Wildman–Crippen LogP) is 4.89. The van der Waals surface area contributed by atoms with Crippen molar-refractivity contribution < 1.29 is 5.11 Å². The van der Waals surface area contributed by atoms with E-state index in [4.69, 9.17) is 41.4 Å². The van der Waals surface area contributed by atoms with Crippen LogP contribution in [0.15, 0.2) is 42.5 Å². The summed E-state index contributed by atoms with van der Waals surface area (Å²) in [5, 5.41) is 22.2. The lowest BCUT2D eigenvalue weighted by atomic mass is 10.0. The summed E-state index contributed by atoms with van der Waals surface area (Å²) in [6.07, 6.45) is 1.82. The number of halogens is 3. The Kier molecular flexibility index (Phi) is 5.07. The van der Waals surface area contributed by atoms with Crippen LogP contribution >= 0.6 is 34.8 Å². The average molecular weight is 400 g/mol. The Hall–Kier alpha value is -2.69. The summed E-state index contributed by atoms with van der Waals surface area (Å²) < 4.78 is 0. The molecule has 0 saturated carbocycles. The number of benzene rings is 3. The van der Waals surface area contributed by atoms with E-state index in [9.17, 15) is 10.4 Å². The topological polar surface area (TPSA) is 48.4 Å². The molecule has 0 saturated heterocycles. The Labute approximate surface area is 164 Å². The van der Waals surface area contributed by atoms with Gasteiger partial charge in [0.2, 0.25) is 0 Å². The van der Waals surface area contributed by atoms with E-state index in [1.165, 1.54) is 0 Å². The monoisotopic (exact) mass is 398 g/mol. The molecular formula is C20H9Cl3N2O. The van der Waals surface area contributed by atoms with Gasteiger partial charge in [0.25, 0.3) is 5.70 Å². The Bertz CT molecular complexity index is 1210. The van der Waals surface area contributed by atoms with Gasteiger partial charge in [-0.15, -0.1) is 0 Å². The maximum Gasteiger partial charge on any atom is 0.271 e. The minimum absolute atomic E-state index is 0.0616. The molecule has 126 valence electrons. The first kappa shape index (κ1) is 18.1. The minimum Gasteiger partial charge on any atom is -0.505 e. The number of hydrogen-bond acceptors (Lipinski definition) is 2. The molecule has 0 heterocycles. The van der Waals surface area contributed by atoms with Crippen LogP contribution in [0.1, 0.15) is 5.56 Å². The van der Waals surface area contributed by atoms with Crippen LogP contribution in [0, 0.1) is 17.9 Å². The summed E-state index contributed by atoms with van der Waals surface area (Å²) >= 11 is 18.4. The first-order valence-corrected chi connectivity index (χ1v) is 8.48. The molecule has 0 unspecified atom stereocenters. The van der Waals surface area contributed by atoms with Crippen LogP contribution in [0.5, 0.6) is 5.75 Å². The van der Waals surface area contributed by atoms with Crippen molar-refractivity contribution in [3.63, 3.8) is 0 Å². The number of phenols is 1. The van der Waals surface area contributed by atoms with Gasteiger partial charge in [-0.25, -0.2) is 10.1 Å². The highest BCUT2D eigenvalue weighted by molar-refractivity contribution is 6.37. The molecule has 0 radical (unpaired) electrons. The first-order valence-electron chi connectivity index (χ1n) is 7.35. The number of rotatable bonds is 1. The minimum atomic E-state index is -0.172. The van der Waals surface area contributed by atoms with Crippen molar-refractivity contribution in [2.45, 2.75) is 0 Å². The Morgan fingerprint density at radius 1 is 1.04 bits per heavy atom. The third-order valence-corrected chi connectivity index (χ3v) is 4.72. The summed E-state index contributed by atoms with van der Waals surface area (Å²) in [4.78, 5) is 3.28. The lowest BCUT2D eigenvalue weighted by Gasteiger charge is -2.05. The van der Waals surface area contributed by atoms with Crippen molar-refractivity contribution in [1.29, 1.82) is 5.26 Å². The summed E-state index contributed by atoms with van der Waals surface area (Å²) in [5.41, 5.74) is 0.620. The molecule has 3 aromatic rings. The summed E-state index contributed by atoms with van der Waals surface area (Å²) in [7, 11) is 0. The standard InChI is InChI=1S/C20H9Cl3N2O/c1-25-18(10-24)19-14-5-3-2-4-13(14)12(9-15(19)21)6-11-7-16(22)20(26)17(23)8-11/h2-9,26H/b12-6+,19-18+. The predicted molar refractivity (Wildman–Crippen MR) is 106 cm³/mol. The van der Waals surface area contributed by atoms with E-state index < -0.39 is 0 Å². The molecule has 26 heavy (non-hydrogen) atoms. The van der Waals surface area contributed by atoms with Crippen LogP contribution in [0.25, 0.3) is 27.4 Å². The van der Waals surface area contributed by atoms with Crippen LogP contribution in [0.2, 0.25) is 15.1 Å². The van der Waals surface area contributed by atoms with Crippen molar-refractivity contribution in [2.24, 2.45) is 0 Å². The maximum atomic E-state index is 9.70. The molecule has 0 bridgehead atoms. The zero-order chi connectivity index (χ0) is 18.8. The lowest BCUT2D eigenvalue weighted by Crippen LogP contribution is -2.15. The number of nitrogens with zero attached hydrogens (tertiary/aromatic N) is 2. The Morgan fingerprint density at radius 3 is 2.23 bits per heavy atom. The van der Waals surface area contributed by atoms with E-state index in [-0.39, 0.29) is 21.5 Å². The molecule has 3 nitrogen and oxygen atoms in total. The van der Waals surface area contributed by atoms with Crippen LogP contribution in [0.3, 0.4) is 0 Å². The van der Waals surface area contributed by atoms with Crippen molar-refractivity contribution in [3.05, 3.63) is 85.0 Å². The molecule has 0 atom stereocenters. The second-order valence-corrected chi connectivity index (χ2v) is 6.64. The molecule has 3 rings (SSSR count). The SMILES string of the molecule is [C-]#[N+]/C(C#N)=c1/c(Cl)c/c(=C\c2cc(Cl)c(O)c(Cl)c2)c2ccccc12. The quantitative estimate of drug-likeness (QED) is 0.593. The number of fused-ring (bicyclic) bond motifs is 1. The molecule has 0 fully saturated rings. The van der Waals surface area contributed by atoms with Crippen LogP contribution in [-0.4, -0.2) is 5.11 Å². The number of nitriles is 1. The fraction of sp³-hybridized carbons (Fsp3) is 0. The van der Waals surface area contributed by atoms with Crippen molar-refractivity contribution in [3.8, 4) is 11.8 Å². The zero-order valence-electron chi connectivity index (χ0n) is 13.1. The smallest absolute Gasteiger partial charge is 0.271 e. The highest BCUT2D eigenvalue weighted by Crippen LogP contribution is 2.32.